The smallest absolute Gasteiger partial charge is 0.160 e. The van der Waals surface area contributed by atoms with E-state index in [2.05, 4.69) is 6.58 Å². The molecule has 0 aliphatic rings. The van der Waals surface area contributed by atoms with Crippen molar-refractivity contribution in [1.82, 2.24) is 0 Å². The molecular weight excluding hydrogens is 198 g/mol. The second kappa shape index (κ2) is 3.85. The normalized spacial score (nSPS) is 12.6. The van der Waals surface area contributed by atoms with Crippen LogP contribution in [0.3, 0.4) is 0 Å². The summed E-state index contributed by atoms with van der Waals surface area (Å²) in [6.07, 6.45) is 0.0982. The summed E-state index contributed by atoms with van der Waals surface area (Å²) < 4.78 is 25.2. The fourth-order valence-corrected chi connectivity index (χ4v) is 1.15. The molecule has 0 saturated carbocycles. The van der Waals surface area contributed by atoms with Crippen LogP contribution in [-0.2, 0) is 0 Å². The minimum absolute atomic E-state index is 0.0219. The minimum Gasteiger partial charge on any atom is -0.384 e. The fourth-order valence-electron chi connectivity index (χ4n) is 0.892. The van der Waals surface area contributed by atoms with Gasteiger partial charge in [0.05, 0.1) is 6.10 Å². The van der Waals surface area contributed by atoms with Crippen molar-refractivity contribution in [2.45, 2.75) is 6.10 Å². The maximum absolute atomic E-state index is 12.7. The summed E-state index contributed by atoms with van der Waals surface area (Å²) in [4.78, 5) is 0. The van der Waals surface area contributed by atoms with Gasteiger partial charge in [-0.2, -0.15) is 0 Å². The van der Waals surface area contributed by atoms with Gasteiger partial charge in [0.2, 0.25) is 0 Å². The van der Waals surface area contributed by atoms with Crippen LogP contribution < -0.4 is 0 Å². The predicted octanol–water partition coefficient (Wildman–Crippen LogP) is 2.84. The van der Waals surface area contributed by atoms with E-state index in [1.54, 1.807) is 0 Å². The molecule has 1 atom stereocenters. The van der Waals surface area contributed by atoms with Crippen molar-refractivity contribution in [2.75, 3.05) is 0 Å². The molecule has 1 aromatic rings. The number of hydrogen-bond acceptors (Lipinski definition) is 1. The van der Waals surface area contributed by atoms with Crippen LogP contribution in [0.25, 0.3) is 0 Å². The summed E-state index contributed by atoms with van der Waals surface area (Å²) >= 11 is 5.56. The lowest BCUT2D eigenvalue weighted by atomic mass is 10.1. The molecule has 1 rings (SSSR count). The van der Waals surface area contributed by atoms with Crippen molar-refractivity contribution in [3.63, 3.8) is 0 Å². The Balaban J connectivity index is 3.22. The van der Waals surface area contributed by atoms with Crippen molar-refractivity contribution in [2.24, 2.45) is 0 Å². The Hall–Kier alpha value is -0.930. The van der Waals surface area contributed by atoms with Gasteiger partial charge >= 0.3 is 0 Å². The van der Waals surface area contributed by atoms with Crippen LogP contribution in [-0.4, -0.2) is 5.11 Å². The maximum atomic E-state index is 12.7. The lowest BCUT2D eigenvalue weighted by Crippen LogP contribution is -1.96. The monoisotopic (exact) mass is 204 g/mol. The summed E-state index contributed by atoms with van der Waals surface area (Å²) in [5.74, 6) is -2.08. The highest BCUT2D eigenvalue weighted by atomic mass is 35.5. The van der Waals surface area contributed by atoms with Crippen LogP contribution in [0.1, 0.15) is 11.7 Å². The number of rotatable bonds is 2. The Labute approximate surface area is 79.3 Å². The fraction of sp³-hybridized carbons (Fsp3) is 0.111. The Morgan fingerprint density at radius 2 is 1.92 bits per heavy atom. The van der Waals surface area contributed by atoms with Gasteiger partial charge in [-0.15, -0.1) is 6.58 Å². The van der Waals surface area contributed by atoms with Gasteiger partial charge < -0.3 is 5.11 Å². The van der Waals surface area contributed by atoms with Crippen LogP contribution >= 0.6 is 11.6 Å². The highest BCUT2D eigenvalue weighted by Crippen LogP contribution is 2.25. The van der Waals surface area contributed by atoms with E-state index in [4.69, 9.17) is 11.6 Å². The van der Waals surface area contributed by atoms with E-state index in [1.165, 1.54) is 6.08 Å². The van der Waals surface area contributed by atoms with Gasteiger partial charge in [0.1, 0.15) is 0 Å². The van der Waals surface area contributed by atoms with Gasteiger partial charge in [-0.3, -0.25) is 0 Å². The zero-order valence-electron chi connectivity index (χ0n) is 6.60. The molecule has 0 fully saturated rings. The molecule has 70 valence electrons. The molecule has 13 heavy (non-hydrogen) atoms. The lowest BCUT2D eigenvalue weighted by molar-refractivity contribution is 0.228. The molecule has 0 spiro atoms. The van der Waals surface area contributed by atoms with Crippen LogP contribution in [0.4, 0.5) is 8.78 Å². The van der Waals surface area contributed by atoms with Crippen molar-refractivity contribution < 1.29 is 13.9 Å². The molecular formula is C9H7ClF2O. The SMILES string of the molecule is C=CC(O)c1cc(F)c(F)cc1Cl. The third-order valence-corrected chi connectivity index (χ3v) is 1.91. The zero-order chi connectivity index (χ0) is 10.0. The third-order valence-electron chi connectivity index (χ3n) is 1.58. The summed E-state index contributed by atoms with van der Waals surface area (Å²) in [7, 11) is 0. The quantitative estimate of drug-likeness (QED) is 0.580. The Bertz CT molecular complexity index is 339. The van der Waals surface area contributed by atoms with E-state index in [9.17, 15) is 13.9 Å². The van der Waals surface area contributed by atoms with Gasteiger partial charge in [0.15, 0.2) is 11.6 Å². The first-order valence-electron chi connectivity index (χ1n) is 3.51. The molecule has 1 nitrogen and oxygen atoms in total. The average molecular weight is 205 g/mol. The summed E-state index contributed by atoms with van der Waals surface area (Å²) in [6.45, 7) is 3.31. The standard InChI is InChI=1S/C9H7ClF2O/c1-2-9(13)5-3-7(11)8(12)4-6(5)10/h2-4,9,13H,1H2. The highest BCUT2D eigenvalue weighted by molar-refractivity contribution is 6.31. The van der Waals surface area contributed by atoms with Crippen molar-refractivity contribution >= 4 is 11.6 Å². The van der Waals surface area contributed by atoms with Gasteiger partial charge in [-0.25, -0.2) is 8.78 Å². The summed E-state index contributed by atoms with van der Waals surface area (Å²) in [5, 5.41) is 9.21. The molecule has 0 aliphatic carbocycles. The second-order valence-electron chi connectivity index (χ2n) is 2.47. The number of hydrogen-bond donors (Lipinski definition) is 1. The molecule has 0 saturated heterocycles. The topological polar surface area (TPSA) is 20.2 Å². The van der Waals surface area contributed by atoms with Gasteiger partial charge in [-0.1, -0.05) is 17.7 Å². The Kier molecular flexibility index (Phi) is 3.01. The Morgan fingerprint density at radius 1 is 1.38 bits per heavy atom. The van der Waals surface area contributed by atoms with Crippen molar-refractivity contribution in [3.8, 4) is 0 Å². The zero-order valence-corrected chi connectivity index (χ0v) is 7.35. The first-order chi connectivity index (χ1) is 6.06. The number of halogens is 3. The van der Waals surface area contributed by atoms with Gasteiger partial charge in [0, 0.05) is 10.6 Å². The van der Waals surface area contributed by atoms with E-state index < -0.39 is 17.7 Å². The molecule has 4 heteroatoms. The van der Waals surface area contributed by atoms with Gasteiger partial charge in [0.25, 0.3) is 0 Å². The second-order valence-corrected chi connectivity index (χ2v) is 2.88. The molecule has 0 amide bonds. The molecule has 0 aromatic heterocycles. The average Bonchev–Trinajstić information content (AvgIpc) is 2.10. The van der Waals surface area contributed by atoms with E-state index in [0.29, 0.717) is 0 Å². The molecule has 1 N–H and O–H groups in total. The minimum atomic E-state index is -1.08. The summed E-state index contributed by atoms with van der Waals surface area (Å²) in [6, 6.07) is 1.67. The molecule has 0 radical (unpaired) electrons. The molecule has 0 bridgehead atoms. The first-order valence-corrected chi connectivity index (χ1v) is 3.89. The molecule has 1 unspecified atom stereocenters. The van der Waals surface area contributed by atoms with Crippen LogP contribution in [0.15, 0.2) is 24.8 Å². The van der Waals surface area contributed by atoms with Crippen LogP contribution in [0.2, 0.25) is 5.02 Å². The van der Waals surface area contributed by atoms with Crippen molar-refractivity contribution in [1.29, 1.82) is 0 Å². The van der Waals surface area contributed by atoms with E-state index in [0.717, 1.165) is 12.1 Å². The predicted molar refractivity (Wildman–Crippen MR) is 46.5 cm³/mol. The van der Waals surface area contributed by atoms with Gasteiger partial charge in [-0.05, 0) is 12.1 Å². The van der Waals surface area contributed by atoms with E-state index in [-0.39, 0.29) is 10.6 Å². The first kappa shape index (κ1) is 10.2. The largest absolute Gasteiger partial charge is 0.384 e. The maximum Gasteiger partial charge on any atom is 0.160 e. The number of aliphatic hydroxyl groups is 1. The van der Waals surface area contributed by atoms with Crippen LogP contribution in [0.5, 0.6) is 0 Å². The number of benzene rings is 1. The van der Waals surface area contributed by atoms with Crippen LogP contribution in [0, 0.1) is 11.6 Å². The summed E-state index contributed by atoms with van der Waals surface area (Å²) in [5.41, 5.74) is 0.107. The third kappa shape index (κ3) is 2.05. The molecule has 0 aliphatic heterocycles. The van der Waals surface area contributed by atoms with Crippen molar-refractivity contribution in [3.05, 3.63) is 47.0 Å². The molecule has 0 heterocycles. The number of aliphatic hydroxyl groups excluding tert-OH is 1. The molecule has 1 aromatic carbocycles. The Morgan fingerprint density at radius 3 is 2.46 bits per heavy atom. The van der Waals surface area contributed by atoms with E-state index in [1.807, 2.05) is 0 Å². The van der Waals surface area contributed by atoms with E-state index >= 15 is 0 Å². The lowest BCUT2D eigenvalue weighted by Gasteiger charge is -2.08. The highest BCUT2D eigenvalue weighted by Gasteiger charge is 2.12.